The molecule has 0 aromatic carbocycles. The van der Waals surface area contributed by atoms with E-state index in [1.165, 1.54) is 0 Å². The lowest BCUT2D eigenvalue weighted by molar-refractivity contribution is 0.459. The van der Waals surface area contributed by atoms with Gasteiger partial charge in [0.25, 0.3) is 0 Å². The van der Waals surface area contributed by atoms with Crippen LogP contribution in [0.2, 0.25) is 0 Å². The molecule has 0 radical (unpaired) electrons. The Morgan fingerprint density at radius 3 is 2.78 bits per heavy atom. The van der Waals surface area contributed by atoms with E-state index in [1.54, 1.807) is 24.5 Å². The zero-order chi connectivity index (χ0) is 13.1. The van der Waals surface area contributed by atoms with Crippen molar-refractivity contribution in [2.24, 2.45) is 5.73 Å². The molecule has 0 aliphatic heterocycles. The van der Waals surface area contributed by atoms with E-state index < -0.39 is 0 Å². The smallest absolute Gasteiger partial charge is 0.220 e. The summed E-state index contributed by atoms with van der Waals surface area (Å²) in [5, 5.41) is 0. The van der Waals surface area contributed by atoms with Gasteiger partial charge in [0, 0.05) is 28.0 Å². The molecular weight excluding hydrogens is 314 g/mol. The molecule has 4 nitrogen and oxygen atoms in total. The number of pyridine rings is 2. The van der Waals surface area contributed by atoms with Gasteiger partial charge in [0.2, 0.25) is 5.88 Å². The molecule has 0 aliphatic rings. The minimum absolute atomic E-state index is 0.317. The summed E-state index contributed by atoms with van der Waals surface area (Å²) in [6, 6.07) is 5.32. The van der Waals surface area contributed by atoms with Gasteiger partial charge in [-0.15, -0.1) is 0 Å². The Kier molecular flexibility index (Phi) is 3.88. The van der Waals surface area contributed by atoms with Crippen LogP contribution in [0.3, 0.4) is 0 Å². The minimum Gasteiger partial charge on any atom is -0.437 e. The van der Waals surface area contributed by atoms with Crippen LogP contribution in [0.15, 0.2) is 35.1 Å². The van der Waals surface area contributed by atoms with Gasteiger partial charge in [-0.3, -0.25) is 4.98 Å². The first kappa shape index (κ1) is 12.9. The number of thiocarbonyl (C=S) groups is 1. The Balaban J connectivity index is 2.31. The van der Waals surface area contributed by atoms with Gasteiger partial charge in [0.05, 0.1) is 6.20 Å². The zero-order valence-corrected chi connectivity index (χ0v) is 12.0. The van der Waals surface area contributed by atoms with E-state index in [9.17, 15) is 0 Å². The first-order valence-electron chi connectivity index (χ1n) is 5.11. The maximum atomic E-state index is 5.61. The molecule has 2 N–H and O–H groups in total. The summed E-state index contributed by atoms with van der Waals surface area (Å²) in [6.07, 6.45) is 3.28. The Labute approximate surface area is 118 Å². The number of nitrogens with two attached hydrogens (primary N) is 1. The van der Waals surface area contributed by atoms with E-state index in [1.807, 2.05) is 13.0 Å². The molecule has 6 heteroatoms. The molecule has 18 heavy (non-hydrogen) atoms. The zero-order valence-electron chi connectivity index (χ0n) is 9.55. The predicted octanol–water partition coefficient (Wildman–Crippen LogP) is 2.97. The van der Waals surface area contributed by atoms with Crippen LogP contribution in [0.25, 0.3) is 0 Å². The molecule has 92 valence electrons. The number of rotatable bonds is 3. The molecule has 2 rings (SSSR count). The maximum absolute atomic E-state index is 5.61. The van der Waals surface area contributed by atoms with Gasteiger partial charge in [-0.2, -0.15) is 0 Å². The summed E-state index contributed by atoms with van der Waals surface area (Å²) < 4.78 is 6.45. The topological polar surface area (TPSA) is 61.0 Å². The molecule has 2 aromatic rings. The van der Waals surface area contributed by atoms with Crippen LogP contribution in [-0.4, -0.2) is 15.0 Å². The molecule has 0 unspecified atom stereocenters. The maximum Gasteiger partial charge on any atom is 0.220 e. The second-order valence-corrected chi connectivity index (χ2v) is 5.00. The molecule has 0 saturated heterocycles. The van der Waals surface area contributed by atoms with Crippen molar-refractivity contribution in [2.75, 3.05) is 0 Å². The van der Waals surface area contributed by atoms with Crippen molar-refractivity contribution in [1.82, 2.24) is 9.97 Å². The molecule has 0 fully saturated rings. The Morgan fingerprint density at radius 1 is 1.33 bits per heavy atom. The lowest BCUT2D eigenvalue weighted by Crippen LogP contribution is -2.10. The Hall–Kier alpha value is -1.53. The first-order valence-corrected chi connectivity index (χ1v) is 6.31. The first-order chi connectivity index (χ1) is 8.54. The van der Waals surface area contributed by atoms with Gasteiger partial charge in [-0.1, -0.05) is 12.2 Å². The third-order valence-electron chi connectivity index (χ3n) is 2.12. The number of hydrogen-bond donors (Lipinski definition) is 1. The van der Waals surface area contributed by atoms with Gasteiger partial charge in [0.15, 0.2) is 0 Å². The van der Waals surface area contributed by atoms with Crippen LogP contribution in [-0.2, 0) is 0 Å². The van der Waals surface area contributed by atoms with Crippen molar-refractivity contribution in [3.8, 4) is 11.6 Å². The third-order valence-corrected chi connectivity index (χ3v) is 2.79. The number of hydrogen-bond acceptors (Lipinski definition) is 4. The minimum atomic E-state index is 0.317. The van der Waals surface area contributed by atoms with E-state index in [-0.39, 0.29) is 0 Å². The van der Waals surface area contributed by atoms with Crippen LogP contribution < -0.4 is 10.5 Å². The van der Waals surface area contributed by atoms with Crippen molar-refractivity contribution in [3.05, 3.63) is 46.3 Å². The molecule has 0 bridgehead atoms. The van der Waals surface area contributed by atoms with Crippen LogP contribution in [0.4, 0.5) is 0 Å². The fourth-order valence-electron chi connectivity index (χ4n) is 1.40. The van der Waals surface area contributed by atoms with E-state index in [2.05, 4.69) is 25.9 Å². The normalized spacial score (nSPS) is 10.1. The summed E-state index contributed by atoms with van der Waals surface area (Å²) in [6.45, 7) is 1.85. The van der Waals surface area contributed by atoms with Crippen molar-refractivity contribution in [3.63, 3.8) is 0 Å². The molecule has 2 heterocycles. The predicted molar refractivity (Wildman–Crippen MR) is 76.9 cm³/mol. The molecule has 0 saturated carbocycles. The van der Waals surface area contributed by atoms with E-state index >= 15 is 0 Å². The van der Waals surface area contributed by atoms with Gasteiger partial charge in [-0.05, 0) is 35.0 Å². The average molecular weight is 324 g/mol. The summed E-state index contributed by atoms with van der Waals surface area (Å²) in [5.74, 6) is 1.04. The second-order valence-electron chi connectivity index (χ2n) is 3.64. The number of aryl methyl sites for hydroxylation is 1. The Bertz CT molecular complexity index is 604. The Morgan fingerprint density at radius 2 is 2.11 bits per heavy atom. The van der Waals surface area contributed by atoms with Gasteiger partial charge < -0.3 is 10.5 Å². The standard InChI is InChI=1S/C12H10BrN3OS/c1-7-2-8(12(14)18)3-11(16-7)17-10-4-9(13)5-15-6-10/h2-6H,1H3,(H2,14,18). The number of aromatic nitrogens is 2. The molecule has 0 aliphatic carbocycles. The van der Waals surface area contributed by atoms with Gasteiger partial charge in [-0.25, -0.2) is 4.98 Å². The van der Waals surface area contributed by atoms with Crippen molar-refractivity contribution >= 4 is 33.1 Å². The van der Waals surface area contributed by atoms with E-state index in [0.29, 0.717) is 16.6 Å². The SMILES string of the molecule is Cc1cc(C(N)=S)cc(Oc2cncc(Br)c2)n1. The summed E-state index contributed by atoms with van der Waals surface area (Å²) in [7, 11) is 0. The fraction of sp³-hybridized carbons (Fsp3) is 0.0833. The highest BCUT2D eigenvalue weighted by Crippen LogP contribution is 2.22. The van der Waals surface area contributed by atoms with Crippen molar-refractivity contribution < 1.29 is 4.74 Å². The summed E-state index contributed by atoms with van der Waals surface area (Å²) >= 11 is 8.27. The second kappa shape index (κ2) is 5.41. The monoisotopic (exact) mass is 323 g/mol. The number of halogens is 1. The van der Waals surface area contributed by atoms with Crippen LogP contribution >= 0.6 is 28.1 Å². The highest BCUT2D eigenvalue weighted by molar-refractivity contribution is 9.10. The molecular formula is C12H10BrN3OS. The highest BCUT2D eigenvalue weighted by atomic mass is 79.9. The van der Waals surface area contributed by atoms with Crippen molar-refractivity contribution in [2.45, 2.75) is 6.92 Å². The van der Waals surface area contributed by atoms with Crippen LogP contribution in [0, 0.1) is 6.92 Å². The summed E-state index contributed by atoms with van der Waals surface area (Å²) in [4.78, 5) is 8.59. The number of nitrogens with zero attached hydrogens (tertiary/aromatic N) is 2. The van der Waals surface area contributed by atoms with Crippen LogP contribution in [0.1, 0.15) is 11.3 Å². The lowest BCUT2D eigenvalue weighted by atomic mass is 10.2. The van der Waals surface area contributed by atoms with E-state index in [0.717, 1.165) is 15.7 Å². The molecule has 0 spiro atoms. The van der Waals surface area contributed by atoms with Crippen molar-refractivity contribution in [1.29, 1.82) is 0 Å². The largest absolute Gasteiger partial charge is 0.437 e. The van der Waals surface area contributed by atoms with Gasteiger partial charge >= 0.3 is 0 Å². The van der Waals surface area contributed by atoms with Gasteiger partial charge in [0.1, 0.15) is 10.7 Å². The summed E-state index contributed by atoms with van der Waals surface area (Å²) in [5.41, 5.74) is 7.12. The number of ether oxygens (including phenoxy) is 1. The van der Waals surface area contributed by atoms with E-state index in [4.69, 9.17) is 22.7 Å². The quantitative estimate of drug-likeness (QED) is 0.880. The highest BCUT2D eigenvalue weighted by Gasteiger charge is 2.05. The van der Waals surface area contributed by atoms with Crippen LogP contribution in [0.5, 0.6) is 11.6 Å². The molecule has 2 aromatic heterocycles. The fourth-order valence-corrected chi connectivity index (χ4v) is 1.86. The molecule has 0 amide bonds. The third kappa shape index (κ3) is 3.24. The average Bonchev–Trinajstić information content (AvgIpc) is 2.28. The lowest BCUT2D eigenvalue weighted by Gasteiger charge is -2.07. The molecule has 0 atom stereocenters.